The third kappa shape index (κ3) is 26.6. The number of nitrogens with zero attached hydrogens (tertiary/aromatic N) is 7. The van der Waals surface area contributed by atoms with Crippen molar-refractivity contribution < 1.29 is 54.1 Å². The monoisotopic (exact) mass is 1660 g/mol. The van der Waals surface area contributed by atoms with E-state index in [1.54, 1.807) is 42.5 Å². The summed E-state index contributed by atoms with van der Waals surface area (Å²) in [4.78, 5) is 16.3. The van der Waals surface area contributed by atoms with Crippen molar-refractivity contribution in [1.29, 1.82) is 0 Å². The molecule has 0 aliphatic carbocycles. The van der Waals surface area contributed by atoms with Crippen molar-refractivity contribution in [2.75, 3.05) is 52.9 Å². The van der Waals surface area contributed by atoms with Crippen LogP contribution < -0.4 is 5.32 Å². The lowest BCUT2D eigenvalue weighted by atomic mass is 9.97. The zero-order chi connectivity index (χ0) is 85.9. The van der Waals surface area contributed by atoms with Gasteiger partial charge in [-0.15, -0.1) is 11.6 Å². The molecule has 7 fully saturated rings. The first-order valence-electron chi connectivity index (χ1n) is 42.6. The van der Waals surface area contributed by atoms with Crippen molar-refractivity contribution in [3.05, 3.63) is 249 Å². The Kier molecular flexibility index (Phi) is 36.6. The second kappa shape index (κ2) is 44.5. The van der Waals surface area contributed by atoms with Crippen molar-refractivity contribution in [1.82, 2.24) is 39.6 Å². The van der Waals surface area contributed by atoms with Gasteiger partial charge >= 0.3 is 0 Å². The topological polar surface area (TPSA) is 75.2 Å². The number of rotatable bonds is 17. The summed E-state index contributed by atoms with van der Waals surface area (Å²) in [7, 11) is 2.00. The molecule has 646 valence electrons. The predicted molar refractivity (Wildman–Crippen MR) is 456 cm³/mol. The quantitative estimate of drug-likeness (QED) is 0.0606. The highest BCUT2D eigenvalue weighted by Crippen LogP contribution is 2.46. The lowest BCUT2D eigenvalue weighted by molar-refractivity contribution is -0.00745. The number of β-amino-alcohol motifs (C(OH)–C–C–N with tert-alkyl or cyclic N) is 1. The van der Waals surface area contributed by atoms with Crippen molar-refractivity contribution in [2.24, 2.45) is 0 Å². The highest BCUT2D eigenvalue weighted by molar-refractivity contribution is 6.21. The third-order valence-electron chi connectivity index (χ3n) is 24.4. The summed E-state index contributed by atoms with van der Waals surface area (Å²) in [6, 6.07) is 46.4. The van der Waals surface area contributed by atoms with E-state index in [0.29, 0.717) is 78.5 Å². The molecule has 0 amide bonds. The van der Waals surface area contributed by atoms with Gasteiger partial charge in [0.15, 0.2) is 0 Å². The minimum Gasteiger partial charge on any atom is -0.393 e. The van der Waals surface area contributed by atoms with Gasteiger partial charge in [-0.2, -0.15) is 0 Å². The van der Waals surface area contributed by atoms with Gasteiger partial charge in [-0.05, 0) is 332 Å². The van der Waals surface area contributed by atoms with Gasteiger partial charge in [-0.25, -0.2) is 43.9 Å². The van der Waals surface area contributed by atoms with Crippen LogP contribution in [0.1, 0.15) is 275 Å². The van der Waals surface area contributed by atoms with Crippen LogP contribution in [0.2, 0.25) is 0 Å². The zero-order valence-corrected chi connectivity index (χ0v) is 73.0. The molecule has 7 aromatic rings. The number of nitrogens with one attached hydrogen (secondary N) is 1. The van der Waals surface area contributed by atoms with Crippen molar-refractivity contribution in [3.63, 3.8) is 0 Å². The number of alkyl halides is 3. The van der Waals surface area contributed by atoms with Gasteiger partial charge in [-0.3, -0.25) is 34.3 Å². The Hall–Kier alpha value is -6.27. The van der Waals surface area contributed by atoms with Gasteiger partial charge in [0.05, 0.1) is 6.61 Å². The Balaban J connectivity index is 0.000000170. The smallest absolute Gasteiger partial charge is 0.264 e. The number of aliphatic hydroxyl groups excluding tert-OH is 1. The molecule has 7 aliphatic rings. The van der Waals surface area contributed by atoms with Gasteiger partial charge in [0.1, 0.15) is 52.1 Å². The van der Waals surface area contributed by atoms with E-state index in [1.165, 1.54) is 79.6 Å². The largest absolute Gasteiger partial charge is 0.393 e. The number of halogens is 11. The summed E-state index contributed by atoms with van der Waals surface area (Å²) in [5, 5.41) is 23.0. The molecule has 14 rings (SSSR count). The summed E-state index contributed by atoms with van der Waals surface area (Å²) in [6.07, 6.45) is 8.28. The molecule has 10 nitrogen and oxygen atoms in total. The van der Waals surface area contributed by atoms with Crippen LogP contribution in [-0.4, -0.2) is 162 Å². The predicted octanol–water partition coefficient (Wildman–Crippen LogP) is 23.2. The molecule has 10 atom stereocenters. The molecular weight excluding hydrogens is 1520 g/mol. The van der Waals surface area contributed by atoms with Gasteiger partial charge in [0.2, 0.25) is 0 Å². The summed E-state index contributed by atoms with van der Waals surface area (Å²) in [6.45, 7) is 39.6. The summed E-state index contributed by atoms with van der Waals surface area (Å²) < 4.78 is 132. The van der Waals surface area contributed by atoms with Crippen LogP contribution in [-0.2, 0) is 0 Å². The fourth-order valence-electron chi connectivity index (χ4n) is 18.8. The Labute approximate surface area is 698 Å². The van der Waals surface area contributed by atoms with Crippen LogP contribution >= 0.6 is 11.6 Å². The number of likely N-dealkylation sites (N-methyl/N-ethyl adjacent to an activating group) is 1. The van der Waals surface area contributed by atoms with Gasteiger partial charge in [0, 0.05) is 132 Å². The van der Waals surface area contributed by atoms with Crippen molar-refractivity contribution >= 4 is 11.6 Å². The normalized spacial score (nSPS) is 24.5. The Bertz CT molecular complexity index is 4170. The van der Waals surface area contributed by atoms with E-state index in [9.17, 15) is 54.1 Å². The van der Waals surface area contributed by atoms with Crippen LogP contribution in [0.4, 0.5) is 43.9 Å². The SMILES string of the molecule is CC(C)N1C(c2cccc(F)c2)CCC1(C)C.CC(C)N1CC(Cl)CC1c1cccc(F)c1.CC(C)N1CC(O)(CO)CC1c1cccc(F)c1.CC(C)N1CCCC1c1cc(F)ccc1C(F)F.CC(C)N1CCCC1c1cc(F)ccc1F.CC(C)N1CCCC1c1cccc(F)c1.CNC1CC(c2cccc(F)c2)N(C(C)C)C1. The number of hydrogen-bond donors (Lipinski definition) is 3. The van der Waals surface area contributed by atoms with Crippen LogP contribution in [0, 0.1) is 46.5 Å². The Morgan fingerprint density at radius 3 is 1.19 bits per heavy atom. The van der Waals surface area contributed by atoms with Gasteiger partial charge < -0.3 is 15.5 Å². The standard InChI is InChI=1S/C15H22FN.C14H18F3N.C14H21FN2.C14H20FNO2.C13H17ClFN.C13H17F2N.C13H18FN/c1-11(2)17-14(8-9-15(17,3)4)12-6-5-7-13(16)10-12;1-9(2)18-7-3-4-13(18)12-8-10(15)5-6-11(12)14(16)17;1-10(2)17-9-13(16-3)8-14(17)11-5-4-6-12(15)7-11;1-10(2)16-8-14(18,9-17)7-13(16)11-4-3-5-12(15)6-11;1-9(2)16-8-11(14)7-13(16)10-4-3-5-12(15)6-10;1-9(2)16-7-3-4-13(16)11-8-10(14)5-6-12(11)15;1-10(2)15-8-4-7-13(15)11-5-3-6-12(14)9-11/h5-7,10-11,14H,8-9H2,1-4H3;5-6,8-9,13-14H,3-4,7H2,1-2H3;4-7,10,13-14,16H,8-9H2,1-3H3;3-6,10,13,17-18H,7-9H2,1-2H3;3-6,9,11,13H,7-8H2,1-2H3;5-6,8-9,13H,3-4,7H2,1-2H3;3,5-6,9-10,13H,4,7-8H2,1-2H3. The van der Waals surface area contributed by atoms with Crippen molar-refractivity contribution in [3.8, 4) is 0 Å². The van der Waals surface area contributed by atoms with Crippen molar-refractivity contribution in [2.45, 2.75) is 295 Å². The van der Waals surface area contributed by atoms with E-state index in [-0.39, 0.29) is 100 Å². The second-order valence-electron chi connectivity index (χ2n) is 35.4. The van der Waals surface area contributed by atoms with Crippen LogP contribution in [0.25, 0.3) is 0 Å². The molecule has 0 radical (unpaired) electrons. The minimum atomic E-state index is -2.55. The molecule has 7 aliphatic heterocycles. The second-order valence-corrected chi connectivity index (χ2v) is 36.0. The maximum Gasteiger partial charge on any atom is 0.264 e. The first-order chi connectivity index (χ1) is 55.3. The van der Waals surface area contributed by atoms with E-state index >= 15 is 0 Å². The summed E-state index contributed by atoms with van der Waals surface area (Å²) in [5.74, 6) is -1.91. The van der Waals surface area contributed by atoms with Crippen LogP contribution in [0.15, 0.2) is 158 Å². The molecule has 10 unspecified atom stereocenters. The first-order valence-corrected chi connectivity index (χ1v) is 43.0. The molecule has 0 saturated carbocycles. The van der Waals surface area contributed by atoms with E-state index in [4.69, 9.17) is 11.6 Å². The highest BCUT2D eigenvalue weighted by Gasteiger charge is 2.45. The minimum absolute atomic E-state index is 0.0334. The van der Waals surface area contributed by atoms with E-state index in [2.05, 4.69) is 123 Å². The Morgan fingerprint density at radius 1 is 0.410 bits per heavy atom. The van der Waals surface area contributed by atoms with E-state index in [0.717, 1.165) is 118 Å². The fourth-order valence-corrected chi connectivity index (χ4v) is 19.1. The summed E-state index contributed by atoms with van der Waals surface area (Å²) in [5.41, 5.74) is 5.29. The molecular formula is C96H133ClF10N8O2. The van der Waals surface area contributed by atoms with E-state index in [1.807, 2.05) is 77.2 Å². The molecule has 3 N–H and O–H groups in total. The molecule has 21 heteroatoms. The molecule has 7 aromatic carbocycles. The van der Waals surface area contributed by atoms with Crippen LogP contribution in [0.3, 0.4) is 0 Å². The first kappa shape index (κ1) is 96.2. The molecule has 0 spiro atoms. The fraction of sp³-hybridized carbons (Fsp3) is 0.562. The van der Waals surface area contributed by atoms with E-state index < -0.39 is 17.8 Å². The molecule has 0 aromatic heterocycles. The Morgan fingerprint density at radius 2 is 0.778 bits per heavy atom. The molecule has 7 saturated heterocycles. The number of aliphatic hydroxyl groups is 2. The summed E-state index contributed by atoms with van der Waals surface area (Å²) >= 11 is 6.20. The maximum absolute atomic E-state index is 13.7. The van der Waals surface area contributed by atoms with Gasteiger partial charge in [-0.1, -0.05) is 66.7 Å². The average Bonchev–Trinajstić information content (AvgIpc) is 1.73. The van der Waals surface area contributed by atoms with Crippen LogP contribution in [0.5, 0.6) is 0 Å². The molecule has 7 heterocycles. The molecule has 117 heavy (non-hydrogen) atoms. The lowest BCUT2D eigenvalue weighted by Gasteiger charge is -2.39. The number of likely N-dealkylation sites (tertiary alicyclic amines) is 7. The number of benzene rings is 7. The lowest BCUT2D eigenvalue weighted by Crippen LogP contribution is -2.44. The van der Waals surface area contributed by atoms with Gasteiger partial charge in [0.25, 0.3) is 6.43 Å². The highest BCUT2D eigenvalue weighted by atomic mass is 35.5. The molecule has 0 bridgehead atoms. The maximum atomic E-state index is 13.7. The number of hydrogen-bond acceptors (Lipinski definition) is 10. The zero-order valence-electron chi connectivity index (χ0n) is 72.2. The average molecular weight is 1660 g/mol. The third-order valence-corrected chi connectivity index (χ3v) is 24.7.